The normalized spacial score (nSPS) is 11.6. The summed E-state index contributed by atoms with van der Waals surface area (Å²) in [7, 11) is 0. The molecule has 7 heteroatoms. The predicted octanol–water partition coefficient (Wildman–Crippen LogP) is 6.00. The van der Waals surface area contributed by atoms with E-state index in [1.807, 2.05) is 30.3 Å². The van der Waals surface area contributed by atoms with Crippen LogP contribution in [0.25, 0.3) is 11.3 Å². The smallest absolute Gasteiger partial charge is 0.342 e. The Kier molecular flexibility index (Phi) is 5.25. The highest BCUT2D eigenvalue weighted by molar-refractivity contribution is 9.10. The molecule has 0 bridgehead atoms. The van der Waals surface area contributed by atoms with Gasteiger partial charge in [0.05, 0.1) is 20.8 Å². The van der Waals surface area contributed by atoms with Crippen LogP contribution in [-0.4, -0.2) is 4.57 Å². The first kappa shape index (κ1) is 18.7. The van der Waals surface area contributed by atoms with Crippen molar-refractivity contribution in [2.24, 2.45) is 0 Å². The molecule has 0 saturated heterocycles. The van der Waals surface area contributed by atoms with E-state index < -0.39 is 16.8 Å². The summed E-state index contributed by atoms with van der Waals surface area (Å²) >= 11 is 9.23. The highest BCUT2D eigenvalue weighted by Gasteiger charge is 2.34. The Morgan fingerprint density at radius 2 is 1.73 bits per heavy atom. The van der Waals surface area contributed by atoms with E-state index in [1.165, 1.54) is 18.2 Å². The number of nitrogens with zero attached hydrogens (tertiary/aromatic N) is 1. The standard InChI is InChI=1S/C19H12BrClF3NO/c20-15-11-25(10-12-5-2-1-3-6-12)16(9-17(15)26)13-7-4-8-14(18(13)21)19(22,23)24/h1-9,11H,10H2. The molecule has 0 saturated carbocycles. The van der Waals surface area contributed by atoms with Crippen LogP contribution >= 0.6 is 27.5 Å². The topological polar surface area (TPSA) is 22.0 Å². The zero-order valence-corrected chi connectivity index (χ0v) is 15.6. The van der Waals surface area contributed by atoms with E-state index in [0.717, 1.165) is 11.6 Å². The first-order valence-corrected chi connectivity index (χ1v) is 8.74. The SMILES string of the molecule is O=c1cc(-c2cccc(C(F)(F)F)c2Cl)n(Cc2ccccc2)cc1Br. The lowest BCUT2D eigenvalue weighted by Gasteiger charge is -2.17. The van der Waals surface area contributed by atoms with Crippen molar-refractivity contribution in [2.45, 2.75) is 12.7 Å². The van der Waals surface area contributed by atoms with Gasteiger partial charge in [0.1, 0.15) is 0 Å². The molecule has 0 spiro atoms. The van der Waals surface area contributed by atoms with Gasteiger partial charge in [-0.3, -0.25) is 4.79 Å². The van der Waals surface area contributed by atoms with E-state index in [4.69, 9.17) is 11.6 Å². The highest BCUT2D eigenvalue weighted by atomic mass is 79.9. The second-order valence-corrected chi connectivity index (χ2v) is 6.88. The lowest BCUT2D eigenvalue weighted by Crippen LogP contribution is -2.13. The summed E-state index contributed by atoms with van der Waals surface area (Å²) in [5, 5.41) is -0.427. The maximum absolute atomic E-state index is 13.2. The molecular formula is C19H12BrClF3NO. The fourth-order valence-corrected chi connectivity index (χ4v) is 3.33. The molecule has 2 nitrogen and oxygen atoms in total. The Balaban J connectivity index is 2.19. The molecule has 0 amide bonds. The van der Waals surface area contributed by atoms with Crippen molar-refractivity contribution in [3.05, 3.63) is 91.6 Å². The van der Waals surface area contributed by atoms with Gasteiger partial charge < -0.3 is 4.57 Å². The number of alkyl halides is 3. The van der Waals surface area contributed by atoms with Crippen LogP contribution in [0.3, 0.4) is 0 Å². The Morgan fingerprint density at radius 3 is 2.38 bits per heavy atom. The molecule has 1 aromatic heterocycles. The Morgan fingerprint density at radius 1 is 1.04 bits per heavy atom. The van der Waals surface area contributed by atoms with Crippen molar-refractivity contribution in [1.82, 2.24) is 4.57 Å². The van der Waals surface area contributed by atoms with E-state index in [9.17, 15) is 18.0 Å². The van der Waals surface area contributed by atoms with Crippen LogP contribution in [0.5, 0.6) is 0 Å². The van der Waals surface area contributed by atoms with Gasteiger partial charge in [-0.05, 0) is 27.6 Å². The van der Waals surface area contributed by atoms with Crippen LogP contribution in [0.1, 0.15) is 11.1 Å². The fraction of sp³-hybridized carbons (Fsp3) is 0.105. The molecule has 0 unspecified atom stereocenters. The Hall–Kier alpha value is -2.05. The van der Waals surface area contributed by atoms with Gasteiger partial charge in [0.25, 0.3) is 0 Å². The predicted molar refractivity (Wildman–Crippen MR) is 99.4 cm³/mol. The van der Waals surface area contributed by atoms with E-state index in [-0.39, 0.29) is 11.0 Å². The van der Waals surface area contributed by atoms with Crippen molar-refractivity contribution in [3.8, 4) is 11.3 Å². The molecule has 1 heterocycles. The average Bonchev–Trinajstić information content (AvgIpc) is 2.58. The van der Waals surface area contributed by atoms with Gasteiger partial charge >= 0.3 is 6.18 Å². The number of hydrogen-bond acceptors (Lipinski definition) is 1. The van der Waals surface area contributed by atoms with E-state index >= 15 is 0 Å². The maximum Gasteiger partial charge on any atom is 0.417 e. The van der Waals surface area contributed by atoms with Crippen LogP contribution < -0.4 is 5.43 Å². The zero-order valence-electron chi connectivity index (χ0n) is 13.2. The molecule has 2 aromatic carbocycles. The number of hydrogen-bond donors (Lipinski definition) is 0. The second-order valence-electron chi connectivity index (χ2n) is 5.65. The minimum Gasteiger partial charge on any atom is -0.342 e. The van der Waals surface area contributed by atoms with Crippen LogP contribution in [0.15, 0.2) is 70.1 Å². The van der Waals surface area contributed by atoms with Crippen molar-refractivity contribution in [1.29, 1.82) is 0 Å². The third-order valence-corrected chi connectivity index (χ3v) is 4.86. The van der Waals surface area contributed by atoms with E-state index in [2.05, 4.69) is 15.9 Å². The number of halogens is 5. The molecule has 3 aromatic rings. The van der Waals surface area contributed by atoms with Gasteiger partial charge in [-0.2, -0.15) is 13.2 Å². The van der Waals surface area contributed by atoms with Crippen LogP contribution in [-0.2, 0) is 12.7 Å². The molecule has 26 heavy (non-hydrogen) atoms. The molecule has 3 rings (SSSR count). The highest BCUT2D eigenvalue weighted by Crippen LogP contribution is 2.39. The molecule has 0 fully saturated rings. The van der Waals surface area contributed by atoms with Crippen molar-refractivity contribution in [3.63, 3.8) is 0 Å². The Labute approximate surface area is 161 Å². The maximum atomic E-state index is 13.2. The summed E-state index contributed by atoms with van der Waals surface area (Å²) in [5.41, 5.74) is 0.142. The number of pyridine rings is 1. The molecule has 134 valence electrons. The van der Waals surface area contributed by atoms with Crippen molar-refractivity contribution < 1.29 is 13.2 Å². The number of aromatic nitrogens is 1. The molecular weight excluding hydrogens is 431 g/mol. The van der Waals surface area contributed by atoms with Crippen LogP contribution in [0, 0.1) is 0 Å². The zero-order chi connectivity index (χ0) is 18.9. The molecule has 0 radical (unpaired) electrons. The minimum atomic E-state index is -4.58. The lowest BCUT2D eigenvalue weighted by molar-refractivity contribution is -0.137. The third kappa shape index (κ3) is 3.86. The van der Waals surface area contributed by atoms with Gasteiger partial charge in [-0.25, -0.2) is 0 Å². The van der Waals surface area contributed by atoms with Gasteiger partial charge in [0, 0.05) is 24.4 Å². The van der Waals surface area contributed by atoms with Crippen molar-refractivity contribution in [2.75, 3.05) is 0 Å². The number of rotatable bonds is 3. The molecule has 0 aliphatic carbocycles. The van der Waals surface area contributed by atoms with Gasteiger partial charge in [0.2, 0.25) is 0 Å². The monoisotopic (exact) mass is 441 g/mol. The summed E-state index contributed by atoms with van der Waals surface area (Å²) in [6, 6.07) is 14.3. The van der Waals surface area contributed by atoms with Crippen LogP contribution in [0.2, 0.25) is 5.02 Å². The van der Waals surface area contributed by atoms with Gasteiger partial charge in [0.15, 0.2) is 5.43 Å². The van der Waals surface area contributed by atoms with E-state index in [0.29, 0.717) is 16.7 Å². The largest absolute Gasteiger partial charge is 0.417 e. The Bertz CT molecular complexity index is 1000. The van der Waals surface area contributed by atoms with Crippen LogP contribution in [0.4, 0.5) is 13.2 Å². The first-order valence-electron chi connectivity index (χ1n) is 7.57. The molecule has 0 atom stereocenters. The molecule has 0 aliphatic heterocycles. The van der Waals surface area contributed by atoms with Gasteiger partial charge in [-0.1, -0.05) is 54.1 Å². The van der Waals surface area contributed by atoms with E-state index in [1.54, 1.807) is 10.8 Å². The van der Waals surface area contributed by atoms with Gasteiger partial charge in [-0.15, -0.1) is 0 Å². The average molecular weight is 443 g/mol. The summed E-state index contributed by atoms with van der Waals surface area (Å²) < 4.78 is 41.5. The summed E-state index contributed by atoms with van der Waals surface area (Å²) in [6.07, 6.45) is -3.02. The lowest BCUT2D eigenvalue weighted by atomic mass is 10.1. The first-order chi connectivity index (χ1) is 12.3. The summed E-state index contributed by atoms with van der Waals surface area (Å²) in [4.78, 5) is 12.1. The fourth-order valence-electron chi connectivity index (χ4n) is 2.64. The second kappa shape index (κ2) is 7.29. The summed E-state index contributed by atoms with van der Waals surface area (Å²) in [5.74, 6) is 0. The third-order valence-electron chi connectivity index (χ3n) is 3.86. The molecule has 0 N–H and O–H groups in total. The number of benzene rings is 2. The van der Waals surface area contributed by atoms with Crippen molar-refractivity contribution >= 4 is 27.5 Å². The minimum absolute atomic E-state index is 0.155. The quantitative estimate of drug-likeness (QED) is 0.488. The summed E-state index contributed by atoms with van der Waals surface area (Å²) in [6.45, 7) is 0.377. The molecule has 0 aliphatic rings.